The van der Waals surface area contributed by atoms with Crippen molar-refractivity contribution in [1.29, 1.82) is 0 Å². The minimum atomic E-state index is -0.0403. The molecular formula is C7H5BrClNOS. The monoisotopic (exact) mass is 265 g/mol. The zero-order valence-corrected chi connectivity index (χ0v) is 9.17. The maximum absolute atomic E-state index is 11.5. The van der Waals surface area contributed by atoms with Crippen LogP contribution in [0.4, 0.5) is 0 Å². The fourth-order valence-corrected chi connectivity index (χ4v) is 3.00. The maximum Gasteiger partial charge on any atom is 0.188 e. The van der Waals surface area contributed by atoms with Gasteiger partial charge < -0.3 is 0 Å². The summed E-state index contributed by atoms with van der Waals surface area (Å²) in [7, 11) is 0. The van der Waals surface area contributed by atoms with Gasteiger partial charge in [0, 0.05) is 0 Å². The summed E-state index contributed by atoms with van der Waals surface area (Å²) in [5.41, 5.74) is 0.866. The fraction of sp³-hybridized carbons (Fsp3) is 0.429. The molecule has 0 saturated carbocycles. The lowest BCUT2D eigenvalue weighted by atomic mass is 10.0. The van der Waals surface area contributed by atoms with Gasteiger partial charge in [-0.05, 0) is 12.8 Å². The Bertz CT molecular complexity index is 338. The molecule has 1 unspecified atom stereocenters. The van der Waals surface area contributed by atoms with Crippen molar-refractivity contribution in [3.8, 4) is 0 Å². The van der Waals surface area contributed by atoms with Gasteiger partial charge in [0.1, 0.15) is 0 Å². The number of rotatable bonds is 0. The highest BCUT2D eigenvalue weighted by Gasteiger charge is 2.28. The van der Waals surface area contributed by atoms with E-state index in [1.807, 2.05) is 0 Å². The summed E-state index contributed by atoms with van der Waals surface area (Å²) in [6, 6.07) is 0. The van der Waals surface area contributed by atoms with Crippen molar-refractivity contribution in [1.82, 2.24) is 4.98 Å². The van der Waals surface area contributed by atoms with Crippen molar-refractivity contribution < 1.29 is 4.79 Å². The van der Waals surface area contributed by atoms with Crippen molar-refractivity contribution >= 4 is 44.7 Å². The van der Waals surface area contributed by atoms with Crippen LogP contribution in [-0.2, 0) is 6.42 Å². The first-order chi connectivity index (χ1) is 5.68. The summed E-state index contributed by atoms with van der Waals surface area (Å²) in [6.07, 6.45) is 1.67. The molecule has 0 spiro atoms. The third-order valence-electron chi connectivity index (χ3n) is 1.81. The van der Waals surface area contributed by atoms with Crippen molar-refractivity contribution in [3.63, 3.8) is 0 Å². The molecule has 0 amide bonds. The zero-order chi connectivity index (χ0) is 8.72. The van der Waals surface area contributed by atoms with E-state index in [1.54, 1.807) is 0 Å². The number of carbonyl (C=O) groups is 1. The molecule has 2 rings (SSSR count). The molecule has 1 atom stereocenters. The van der Waals surface area contributed by atoms with E-state index < -0.39 is 0 Å². The molecule has 1 aromatic heterocycles. The highest BCUT2D eigenvalue weighted by atomic mass is 79.9. The number of fused-ring (bicyclic) bond motifs is 1. The van der Waals surface area contributed by atoms with E-state index in [4.69, 9.17) is 11.6 Å². The Morgan fingerprint density at radius 3 is 3.17 bits per heavy atom. The number of alkyl halides is 1. The molecule has 0 N–H and O–H groups in total. The van der Waals surface area contributed by atoms with E-state index in [0.717, 1.165) is 23.4 Å². The third-order valence-corrected chi connectivity index (χ3v) is 3.90. The summed E-state index contributed by atoms with van der Waals surface area (Å²) >= 11 is 10.3. The van der Waals surface area contributed by atoms with E-state index >= 15 is 0 Å². The second kappa shape index (κ2) is 3.09. The maximum atomic E-state index is 11.5. The van der Waals surface area contributed by atoms with Gasteiger partial charge in [-0.2, -0.15) is 0 Å². The minimum Gasteiger partial charge on any atom is -0.292 e. The van der Waals surface area contributed by atoms with Gasteiger partial charge >= 0.3 is 0 Å². The number of Topliss-reactive ketones (excluding diaryl/α,β-unsaturated/α-hetero) is 1. The van der Waals surface area contributed by atoms with Gasteiger partial charge in [-0.3, -0.25) is 4.79 Å². The normalized spacial score (nSPS) is 22.5. The van der Waals surface area contributed by atoms with E-state index in [2.05, 4.69) is 20.9 Å². The summed E-state index contributed by atoms with van der Waals surface area (Å²) in [5, 5.41) is 0. The molecule has 1 aliphatic rings. The Morgan fingerprint density at radius 2 is 2.42 bits per heavy atom. The lowest BCUT2D eigenvalue weighted by molar-refractivity contribution is 0.0985. The van der Waals surface area contributed by atoms with Crippen LogP contribution in [-0.4, -0.2) is 15.6 Å². The van der Waals surface area contributed by atoms with Crippen LogP contribution in [0, 0.1) is 0 Å². The first-order valence-corrected chi connectivity index (χ1v) is 5.63. The Labute approximate surface area is 87.1 Å². The Kier molecular flexibility index (Phi) is 2.23. The van der Waals surface area contributed by atoms with Crippen LogP contribution in [0.15, 0.2) is 0 Å². The first-order valence-electron chi connectivity index (χ1n) is 3.52. The largest absolute Gasteiger partial charge is 0.292 e. The number of nitrogens with zero attached hydrogens (tertiary/aromatic N) is 1. The highest BCUT2D eigenvalue weighted by Crippen LogP contribution is 2.31. The van der Waals surface area contributed by atoms with Gasteiger partial charge in [-0.25, -0.2) is 4.98 Å². The molecule has 0 bridgehead atoms. The van der Waals surface area contributed by atoms with Gasteiger partial charge in [-0.15, -0.1) is 0 Å². The minimum absolute atomic E-state index is 0.0403. The zero-order valence-electron chi connectivity index (χ0n) is 6.01. The molecule has 64 valence electrons. The van der Waals surface area contributed by atoms with Gasteiger partial charge in [0.15, 0.2) is 10.3 Å². The lowest BCUT2D eigenvalue weighted by Crippen LogP contribution is -2.20. The number of hydrogen-bond acceptors (Lipinski definition) is 3. The van der Waals surface area contributed by atoms with Crippen molar-refractivity contribution in [2.75, 3.05) is 0 Å². The van der Waals surface area contributed by atoms with Gasteiger partial charge in [0.25, 0.3) is 0 Å². The quantitative estimate of drug-likeness (QED) is 0.676. The summed E-state index contributed by atoms with van der Waals surface area (Å²) in [6.45, 7) is 0. The number of halogens is 2. The summed E-state index contributed by atoms with van der Waals surface area (Å²) in [4.78, 5) is 16.3. The van der Waals surface area contributed by atoms with Gasteiger partial charge in [-0.1, -0.05) is 38.9 Å². The molecule has 5 heteroatoms. The summed E-state index contributed by atoms with van der Waals surface area (Å²) < 4.78 is 0.468. The van der Waals surface area contributed by atoms with E-state index in [9.17, 15) is 4.79 Å². The first kappa shape index (κ1) is 8.66. The molecule has 0 radical (unpaired) electrons. The molecule has 0 saturated heterocycles. The van der Waals surface area contributed by atoms with Crippen LogP contribution in [0.2, 0.25) is 4.47 Å². The smallest absolute Gasteiger partial charge is 0.188 e. The van der Waals surface area contributed by atoms with Crippen LogP contribution >= 0.6 is 38.9 Å². The average molecular weight is 267 g/mol. The lowest BCUT2D eigenvalue weighted by Gasteiger charge is -2.12. The predicted molar refractivity (Wildman–Crippen MR) is 52.5 cm³/mol. The second-order valence-electron chi connectivity index (χ2n) is 2.61. The number of hydrogen-bond donors (Lipinski definition) is 0. The molecular weight excluding hydrogens is 262 g/mol. The molecule has 1 aliphatic carbocycles. The van der Waals surface area contributed by atoms with Gasteiger partial charge in [0.05, 0.1) is 15.4 Å². The molecule has 12 heavy (non-hydrogen) atoms. The molecule has 0 aliphatic heterocycles. The molecule has 1 aromatic rings. The third kappa shape index (κ3) is 1.32. The van der Waals surface area contributed by atoms with Crippen LogP contribution < -0.4 is 0 Å². The standard InChI is InChI=1S/C7H5BrClNOS/c8-3-1-2-4-6(5(3)11)12-7(9)10-4/h3H,1-2H2. The van der Waals surface area contributed by atoms with E-state index in [1.165, 1.54) is 11.3 Å². The molecule has 2 nitrogen and oxygen atoms in total. The molecule has 0 aromatic carbocycles. The molecule has 0 fully saturated rings. The van der Waals surface area contributed by atoms with E-state index in [-0.39, 0.29) is 10.6 Å². The van der Waals surface area contributed by atoms with Crippen LogP contribution in [0.3, 0.4) is 0 Å². The number of ketones is 1. The van der Waals surface area contributed by atoms with Crippen molar-refractivity contribution in [2.45, 2.75) is 17.7 Å². The van der Waals surface area contributed by atoms with Crippen LogP contribution in [0.25, 0.3) is 0 Å². The summed E-state index contributed by atoms with van der Waals surface area (Å²) in [5.74, 6) is 0.126. The number of aryl methyl sites for hydroxylation is 1. The Morgan fingerprint density at radius 1 is 1.67 bits per heavy atom. The number of thiazole rings is 1. The van der Waals surface area contributed by atoms with Gasteiger partial charge in [0.2, 0.25) is 0 Å². The topological polar surface area (TPSA) is 30.0 Å². The molecule has 1 heterocycles. The van der Waals surface area contributed by atoms with E-state index in [0.29, 0.717) is 4.47 Å². The van der Waals surface area contributed by atoms with Crippen LogP contribution in [0.5, 0.6) is 0 Å². The predicted octanol–water partition coefficient (Wildman–Crippen LogP) is 2.69. The second-order valence-corrected chi connectivity index (χ2v) is 5.30. The van der Waals surface area contributed by atoms with Crippen molar-refractivity contribution in [2.24, 2.45) is 0 Å². The Hall–Kier alpha value is 0.0700. The SMILES string of the molecule is O=C1c2sc(Cl)nc2CCC1Br. The van der Waals surface area contributed by atoms with Crippen LogP contribution in [0.1, 0.15) is 21.8 Å². The number of aromatic nitrogens is 1. The number of carbonyl (C=O) groups excluding carboxylic acids is 1. The average Bonchev–Trinajstić information content (AvgIpc) is 2.39. The fourth-order valence-electron chi connectivity index (χ4n) is 1.22. The Balaban J connectivity index is 2.48. The highest BCUT2D eigenvalue weighted by molar-refractivity contribution is 9.10. The van der Waals surface area contributed by atoms with Crippen molar-refractivity contribution in [3.05, 3.63) is 15.0 Å².